The van der Waals surface area contributed by atoms with Crippen LogP contribution >= 0.6 is 11.6 Å². The average Bonchev–Trinajstić information content (AvgIpc) is 2.62. The molecule has 25 heavy (non-hydrogen) atoms. The highest BCUT2D eigenvalue weighted by Gasteiger charge is 2.09. The molecule has 1 amide bonds. The summed E-state index contributed by atoms with van der Waals surface area (Å²) in [6, 6.07) is 16.6. The Labute approximate surface area is 151 Å². The van der Waals surface area contributed by atoms with Crippen molar-refractivity contribution in [1.29, 1.82) is 0 Å². The summed E-state index contributed by atoms with van der Waals surface area (Å²) in [5.74, 6) is 0.105. The van der Waals surface area contributed by atoms with Crippen LogP contribution in [-0.2, 0) is 6.54 Å². The molecule has 0 aliphatic carbocycles. The van der Waals surface area contributed by atoms with E-state index in [1.54, 1.807) is 36.5 Å². The van der Waals surface area contributed by atoms with Gasteiger partial charge in [-0.05, 0) is 42.8 Å². The van der Waals surface area contributed by atoms with E-state index in [-0.39, 0.29) is 11.6 Å². The van der Waals surface area contributed by atoms with Crippen molar-refractivity contribution in [3.05, 3.63) is 82.6 Å². The second kappa shape index (κ2) is 7.77. The maximum atomic E-state index is 12.3. The standard InChI is InChI=1S/C19H17ClN4O/c1-13-3-2-4-14(11-13)12-22-19-21-10-9-17(24-19)18(25)23-16-7-5-15(20)6-8-16/h2-11H,12H2,1H3,(H,23,25)(H,21,22,24). The van der Waals surface area contributed by atoms with Gasteiger partial charge in [-0.25, -0.2) is 9.97 Å². The number of halogens is 1. The molecule has 0 atom stereocenters. The Morgan fingerprint density at radius 3 is 2.68 bits per heavy atom. The minimum Gasteiger partial charge on any atom is -0.350 e. The third-order valence-electron chi connectivity index (χ3n) is 3.52. The van der Waals surface area contributed by atoms with Crippen molar-refractivity contribution < 1.29 is 4.79 Å². The lowest BCUT2D eigenvalue weighted by Gasteiger charge is -2.08. The Kier molecular flexibility index (Phi) is 5.26. The zero-order valence-electron chi connectivity index (χ0n) is 13.7. The minimum atomic E-state index is -0.302. The van der Waals surface area contributed by atoms with Gasteiger partial charge in [0.15, 0.2) is 0 Å². The number of amides is 1. The number of carbonyl (C=O) groups excluding carboxylic acids is 1. The molecule has 6 heteroatoms. The lowest BCUT2D eigenvalue weighted by atomic mass is 10.1. The van der Waals surface area contributed by atoms with Gasteiger partial charge in [0, 0.05) is 23.5 Å². The third-order valence-corrected chi connectivity index (χ3v) is 3.78. The highest BCUT2D eigenvalue weighted by Crippen LogP contribution is 2.14. The Bertz CT molecular complexity index is 881. The molecule has 0 saturated heterocycles. The zero-order chi connectivity index (χ0) is 17.6. The average molecular weight is 353 g/mol. The number of aryl methyl sites for hydroxylation is 1. The van der Waals surface area contributed by atoms with Gasteiger partial charge >= 0.3 is 0 Å². The van der Waals surface area contributed by atoms with Crippen LogP contribution in [0, 0.1) is 6.92 Å². The molecule has 3 rings (SSSR count). The van der Waals surface area contributed by atoms with E-state index in [1.807, 2.05) is 25.1 Å². The van der Waals surface area contributed by atoms with Gasteiger partial charge < -0.3 is 10.6 Å². The number of benzene rings is 2. The molecule has 2 aromatic carbocycles. The summed E-state index contributed by atoms with van der Waals surface area (Å²) in [7, 11) is 0. The normalized spacial score (nSPS) is 10.3. The van der Waals surface area contributed by atoms with Crippen LogP contribution in [0.5, 0.6) is 0 Å². The van der Waals surface area contributed by atoms with Crippen LogP contribution in [-0.4, -0.2) is 15.9 Å². The van der Waals surface area contributed by atoms with Crippen LogP contribution in [0.15, 0.2) is 60.8 Å². The van der Waals surface area contributed by atoms with E-state index in [9.17, 15) is 4.79 Å². The number of nitrogens with zero attached hydrogens (tertiary/aromatic N) is 2. The quantitative estimate of drug-likeness (QED) is 0.718. The maximum Gasteiger partial charge on any atom is 0.274 e. The fourth-order valence-electron chi connectivity index (χ4n) is 2.30. The number of nitrogens with one attached hydrogen (secondary N) is 2. The van der Waals surface area contributed by atoms with Crippen LogP contribution in [0.1, 0.15) is 21.6 Å². The lowest BCUT2D eigenvalue weighted by Crippen LogP contribution is -2.15. The number of rotatable bonds is 5. The highest BCUT2D eigenvalue weighted by molar-refractivity contribution is 6.30. The largest absolute Gasteiger partial charge is 0.350 e. The van der Waals surface area contributed by atoms with E-state index >= 15 is 0 Å². The molecule has 0 radical (unpaired) electrons. The third kappa shape index (κ3) is 4.78. The molecular formula is C19H17ClN4O. The number of carbonyl (C=O) groups is 1. The molecule has 0 aliphatic rings. The zero-order valence-corrected chi connectivity index (χ0v) is 14.4. The summed E-state index contributed by atoms with van der Waals surface area (Å²) in [6.45, 7) is 2.63. The number of anilines is 2. The molecule has 2 N–H and O–H groups in total. The summed E-state index contributed by atoms with van der Waals surface area (Å²) >= 11 is 5.84. The Hall–Kier alpha value is -2.92. The smallest absolute Gasteiger partial charge is 0.274 e. The van der Waals surface area contributed by atoms with Crippen molar-refractivity contribution in [1.82, 2.24) is 9.97 Å². The number of hydrogen-bond acceptors (Lipinski definition) is 4. The molecule has 126 valence electrons. The van der Waals surface area contributed by atoms with Crippen LogP contribution in [0.2, 0.25) is 5.02 Å². The van der Waals surface area contributed by atoms with Gasteiger partial charge in [-0.3, -0.25) is 4.79 Å². The predicted octanol–water partition coefficient (Wildman–Crippen LogP) is 4.30. The second-order valence-electron chi connectivity index (χ2n) is 5.57. The van der Waals surface area contributed by atoms with Crippen molar-refractivity contribution >= 4 is 29.1 Å². The van der Waals surface area contributed by atoms with Crippen molar-refractivity contribution in [3.63, 3.8) is 0 Å². The first-order chi connectivity index (χ1) is 12.1. The molecule has 3 aromatic rings. The van der Waals surface area contributed by atoms with E-state index < -0.39 is 0 Å². The fourth-order valence-corrected chi connectivity index (χ4v) is 2.43. The van der Waals surface area contributed by atoms with Crippen molar-refractivity contribution in [3.8, 4) is 0 Å². The van der Waals surface area contributed by atoms with Gasteiger partial charge in [-0.15, -0.1) is 0 Å². The summed E-state index contributed by atoms with van der Waals surface area (Å²) in [5, 5.41) is 6.53. The van der Waals surface area contributed by atoms with Gasteiger partial charge in [0.2, 0.25) is 5.95 Å². The molecular weight excluding hydrogens is 336 g/mol. The molecule has 0 fully saturated rings. The summed E-state index contributed by atoms with van der Waals surface area (Å²) in [4.78, 5) is 20.7. The van der Waals surface area contributed by atoms with Crippen molar-refractivity contribution in [2.75, 3.05) is 10.6 Å². The van der Waals surface area contributed by atoms with Gasteiger partial charge in [0.1, 0.15) is 5.69 Å². The van der Waals surface area contributed by atoms with Gasteiger partial charge in [0.05, 0.1) is 0 Å². The van der Waals surface area contributed by atoms with E-state index in [4.69, 9.17) is 11.6 Å². The summed E-state index contributed by atoms with van der Waals surface area (Å²) in [6.07, 6.45) is 1.56. The highest BCUT2D eigenvalue weighted by atomic mass is 35.5. The number of aromatic nitrogens is 2. The minimum absolute atomic E-state index is 0.289. The van der Waals surface area contributed by atoms with Crippen molar-refractivity contribution in [2.24, 2.45) is 0 Å². The summed E-state index contributed by atoms with van der Waals surface area (Å²) in [5.41, 5.74) is 3.26. The Balaban J connectivity index is 1.66. The summed E-state index contributed by atoms with van der Waals surface area (Å²) < 4.78 is 0. The molecule has 0 unspecified atom stereocenters. The van der Waals surface area contributed by atoms with E-state index in [0.717, 1.165) is 5.56 Å². The SMILES string of the molecule is Cc1cccc(CNc2nccc(C(=O)Nc3ccc(Cl)cc3)n2)c1. The Morgan fingerprint density at radius 1 is 1.12 bits per heavy atom. The lowest BCUT2D eigenvalue weighted by molar-refractivity contribution is 0.102. The van der Waals surface area contributed by atoms with Gasteiger partial charge in [-0.1, -0.05) is 41.4 Å². The first-order valence-electron chi connectivity index (χ1n) is 7.79. The van der Waals surface area contributed by atoms with E-state index in [0.29, 0.717) is 23.2 Å². The van der Waals surface area contributed by atoms with Crippen LogP contribution in [0.25, 0.3) is 0 Å². The van der Waals surface area contributed by atoms with Gasteiger partial charge in [0.25, 0.3) is 5.91 Å². The monoisotopic (exact) mass is 352 g/mol. The first kappa shape index (κ1) is 16.9. The Morgan fingerprint density at radius 2 is 1.92 bits per heavy atom. The molecule has 5 nitrogen and oxygen atoms in total. The maximum absolute atomic E-state index is 12.3. The van der Waals surface area contributed by atoms with Crippen LogP contribution < -0.4 is 10.6 Å². The fraction of sp³-hybridized carbons (Fsp3) is 0.105. The molecule has 0 bridgehead atoms. The predicted molar refractivity (Wildman–Crippen MR) is 99.9 cm³/mol. The van der Waals surface area contributed by atoms with Crippen molar-refractivity contribution in [2.45, 2.75) is 13.5 Å². The second-order valence-corrected chi connectivity index (χ2v) is 6.01. The topological polar surface area (TPSA) is 66.9 Å². The number of hydrogen-bond donors (Lipinski definition) is 2. The molecule has 1 aromatic heterocycles. The van der Waals surface area contributed by atoms with E-state index in [2.05, 4.69) is 26.7 Å². The molecule has 0 spiro atoms. The molecule has 1 heterocycles. The van der Waals surface area contributed by atoms with Gasteiger partial charge in [-0.2, -0.15) is 0 Å². The van der Waals surface area contributed by atoms with Crippen LogP contribution in [0.3, 0.4) is 0 Å². The van der Waals surface area contributed by atoms with Crippen LogP contribution in [0.4, 0.5) is 11.6 Å². The van der Waals surface area contributed by atoms with E-state index in [1.165, 1.54) is 5.56 Å². The first-order valence-corrected chi connectivity index (χ1v) is 8.17. The molecule has 0 saturated carbocycles. The molecule has 0 aliphatic heterocycles.